The molecule has 1 aromatic heterocycles. The molecular weight excluding hydrogens is 479 g/mol. The molecule has 2 heterocycles. The number of hydrogen-bond acceptors (Lipinski definition) is 4. The normalized spacial score (nSPS) is 18.4. The van der Waals surface area contributed by atoms with E-state index in [0.717, 1.165) is 24.6 Å². The van der Waals surface area contributed by atoms with E-state index in [4.69, 9.17) is 0 Å². The average Bonchev–Trinajstić information content (AvgIpc) is 3.35. The van der Waals surface area contributed by atoms with Crippen LogP contribution in [0.5, 0.6) is 0 Å². The van der Waals surface area contributed by atoms with Crippen LogP contribution in [-0.2, 0) is 12.6 Å². The lowest BCUT2D eigenvalue weighted by Crippen LogP contribution is -2.49. The summed E-state index contributed by atoms with van der Waals surface area (Å²) in [5, 5.41) is 21.8. The molecule has 7 nitrogen and oxygen atoms in total. The van der Waals surface area contributed by atoms with Gasteiger partial charge in [0, 0.05) is 37.9 Å². The highest BCUT2D eigenvalue weighted by atomic mass is 127. The third-order valence-electron chi connectivity index (χ3n) is 5.90. The summed E-state index contributed by atoms with van der Waals surface area (Å²) in [6.45, 7) is 12.8. The summed E-state index contributed by atoms with van der Waals surface area (Å²) >= 11 is 0. The Morgan fingerprint density at radius 2 is 1.90 bits per heavy atom. The van der Waals surface area contributed by atoms with Crippen molar-refractivity contribution in [1.29, 1.82) is 0 Å². The number of aliphatic imine (C=N–C) groups is 1. The molecule has 1 fully saturated rings. The minimum absolute atomic E-state index is 0. The van der Waals surface area contributed by atoms with Crippen LogP contribution in [0, 0.1) is 5.92 Å². The number of guanidine groups is 1. The van der Waals surface area contributed by atoms with Gasteiger partial charge in [-0.2, -0.15) is 5.10 Å². The maximum atomic E-state index is 10.8. The second kappa shape index (κ2) is 12.7. The van der Waals surface area contributed by atoms with Gasteiger partial charge in [-0.1, -0.05) is 26.7 Å². The number of likely N-dealkylation sites (tertiary alicyclic amines) is 1. The lowest BCUT2D eigenvalue weighted by molar-refractivity contribution is 0.0671. The molecule has 0 bridgehead atoms. The molecule has 2 atom stereocenters. The predicted molar refractivity (Wildman–Crippen MR) is 131 cm³/mol. The second-order valence-corrected chi connectivity index (χ2v) is 8.14. The van der Waals surface area contributed by atoms with Crippen molar-refractivity contribution in [3.8, 4) is 0 Å². The Kier molecular flexibility index (Phi) is 11.5. The van der Waals surface area contributed by atoms with Gasteiger partial charge in [0.2, 0.25) is 0 Å². The molecule has 1 aromatic rings. The SMILES string of the molecule is CCNC(=NCC(C)(O)c1cnn(C)c1)NCC(C(CC)CC)N1CCCC1.I. The predicted octanol–water partition coefficient (Wildman–Crippen LogP) is 2.70. The molecule has 168 valence electrons. The van der Waals surface area contributed by atoms with E-state index in [1.54, 1.807) is 17.8 Å². The molecule has 8 heteroatoms. The van der Waals surface area contributed by atoms with Crippen LogP contribution in [-0.4, -0.2) is 64.5 Å². The van der Waals surface area contributed by atoms with Crippen molar-refractivity contribution in [2.24, 2.45) is 18.0 Å². The number of aryl methyl sites for hydroxylation is 1. The van der Waals surface area contributed by atoms with Crippen molar-refractivity contribution in [2.75, 3.05) is 32.7 Å². The molecule has 0 saturated carbocycles. The summed E-state index contributed by atoms with van der Waals surface area (Å²) in [4.78, 5) is 7.31. The van der Waals surface area contributed by atoms with E-state index in [1.165, 1.54) is 38.8 Å². The molecule has 0 aromatic carbocycles. The maximum absolute atomic E-state index is 10.8. The number of halogens is 1. The summed E-state index contributed by atoms with van der Waals surface area (Å²) in [5.74, 6) is 1.45. The number of rotatable bonds is 10. The van der Waals surface area contributed by atoms with Crippen molar-refractivity contribution in [2.45, 2.75) is 65.0 Å². The Balaban J connectivity index is 0.00000420. The Morgan fingerprint density at radius 1 is 1.24 bits per heavy atom. The highest BCUT2D eigenvalue weighted by Gasteiger charge is 2.28. The third kappa shape index (κ3) is 7.71. The highest BCUT2D eigenvalue weighted by Crippen LogP contribution is 2.23. The fourth-order valence-electron chi connectivity index (χ4n) is 4.07. The van der Waals surface area contributed by atoms with Crippen molar-refractivity contribution < 1.29 is 5.11 Å². The second-order valence-electron chi connectivity index (χ2n) is 8.14. The van der Waals surface area contributed by atoms with E-state index in [0.29, 0.717) is 12.0 Å². The minimum atomic E-state index is -1.04. The van der Waals surface area contributed by atoms with E-state index < -0.39 is 5.60 Å². The molecule has 0 spiro atoms. The first-order valence-electron chi connectivity index (χ1n) is 10.9. The van der Waals surface area contributed by atoms with Gasteiger partial charge in [0.25, 0.3) is 0 Å². The smallest absolute Gasteiger partial charge is 0.191 e. The quantitative estimate of drug-likeness (QED) is 0.251. The Morgan fingerprint density at radius 3 is 2.41 bits per heavy atom. The Bertz CT molecular complexity index is 606. The monoisotopic (exact) mass is 520 g/mol. The zero-order valence-corrected chi connectivity index (χ0v) is 21.1. The topological polar surface area (TPSA) is 77.7 Å². The minimum Gasteiger partial charge on any atom is -0.383 e. The maximum Gasteiger partial charge on any atom is 0.191 e. The summed E-state index contributed by atoms with van der Waals surface area (Å²) < 4.78 is 1.70. The van der Waals surface area contributed by atoms with Gasteiger partial charge in [0.05, 0.1) is 12.7 Å². The van der Waals surface area contributed by atoms with Gasteiger partial charge in [0.1, 0.15) is 5.60 Å². The number of aliphatic hydroxyl groups is 1. The Hall–Kier alpha value is -0.870. The number of nitrogens with zero attached hydrogens (tertiary/aromatic N) is 4. The van der Waals surface area contributed by atoms with Crippen molar-refractivity contribution >= 4 is 29.9 Å². The zero-order valence-electron chi connectivity index (χ0n) is 18.8. The summed E-state index contributed by atoms with van der Waals surface area (Å²) in [5.41, 5.74) is -0.262. The molecule has 2 rings (SSSR count). The molecule has 3 N–H and O–H groups in total. The first-order chi connectivity index (χ1) is 13.4. The van der Waals surface area contributed by atoms with Crippen molar-refractivity contribution in [1.82, 2.24) is 25.3 Å². The fourth-order valence-corrected chi connectivity index (χ4v) is 4.07. The van der Waals surface area contributed by atoms with Gasteiger partial charge >= 0.3 is 0 Å². The molecule has 2 unspecified atom stereocenters. The summed E-state index contributed by atoms with van der Waals surface area (Å²) in [6.07, 6.45) is 8.54. The zero-order chi connectivity index (χ0) is 20.6. The van der Waals surface area contributed by atoms with Crippen LogP contribution in [0.25, 0.3) is 0 Å². The van der Waals surface area contributed by atoms with Crippen LogP contribution < -0.4 is 10.6 Å². The Labute approximate surface area is 193 Å². The van der Waals surface area contributed by atoms with Crippen LogP contribution in [0.3, 0.4) is 0 Å². The van der Waals surface area contributed by atoms with Crippen molar-refractivity contribution in [3.05, 3.63) is 18.0 Å². The van der Waals surface area contributed by atoms with E-state index in [1.807, 2.05) is 13.2 Å². The van der Waals surface area contributed by atoms with E-state index in [-0.39, 0.29) is 30.5 Å². The summed E-state index contributed by atoms with van der Waals surface area (Å²) in [7, 11) is 1.85. The third-order valence-corrected chi connectivity index (χ3v) is 5.90. The van der Waals surface area contributed by atoms with Crippen LogP contribution in [0.15, 0.2) is 17.4 Å². The van der Waals surface area contributed by atoms with Gasteiger partial charge in [-0.3, -0.25) is 9.58 Å². The number of hydrogen-bond donors (Lipinski definition) is 3. The van der Waals surface area contributed by atoms with Gasteiger partial charge in [-0.15, -0.1) is 24.0 Å². The van der Waals surface area contributed by atoms with Gasteiger partial charge < -0.3 is 15.7 Å². The molecule has 29 heavy (non-hydrogen) atoms. The molecule has 0 amide bonds. The van der Waals surface area contributed by atoms with Crippen molar-refractivity contribution in [3.63, 3.8) is 0 Å². The highest BCUT2D eigenvalue weighted by molar-refractivity contribution is 14.0. The first kappa shape index (κ1) is 26.2. The van der Waals surface area contributed by atoms with Crippen LogP contribution >= 0.6 is 24.0 Å². The molecule has 0 aliphatic carbocycles. The van der Waals surface area contributed by atoms with Crippen LogP contribution in [0.4, 0.5) is 0 Å². The molecule has 1 aliphatic heterocycles. The summed E-state index contributed by atoms with van der Waals surface area (Å²) in [6, 6.07) is 0.528. The standard InChI is InChI=1S/C21H40N6O.HI/c1-6-17(7-2)19(27-11-9-10-12-27)14-23-20(22-8-3)24-16-21(4,28)18-13-25-26(5)15-18;/h13,15,17,19,28H,6-12,14,16H2,1-5H3,(H2,22,23,24);1H. The lowest BCUT2D eigenvalue weighted by Gasteiger charge is -2.34. The number of aromatic nitrogens is 2. The molecule has 1 aliphatic rings. The molecular formula is C21H41IN6O. The van der Waals surface area contributed by atoms with Gasteiger partial charge in [-0.05, 0) is 45.7 Å². The lowest BCUT2D eigenvalue weighted by atomic mass is 9.93. The number of nitrogens with one attached hydrogen (secondary N) is 2. The van der Waals surface area contributed by atoms with E-state index in [2.05, 4.69) is 46.4 Å². The van der Waals surface area contributed by atoms with Gasteiger partial charge in [0.15, 0.2) is 5.96 Å². The van der Waals surface area contributed by atoms with E-state index >= 15 is 0 Å². The average molecular weight is 521 g/mol. The van der Waals surface area contributed by atoms with Gasteiger partial charge in [-0.25, -0.2) is 4.99 Å². The first-order valence-corrected chi connectivity index (χ1v) is 10.9. The van der Waals surface area contributed by atoms with Crippen LogP contribution in [0.2, 0.25) is 0 Å². The molecule has 0 radical (unpaired) electrons. The fraction of sp³-hybridized carbons (Fsp3) is 0.810. The van der Waals surface area contributed by atoms with Crippen LogP contribution in [0.1, 0.15) is 58.9 Å². The van der Waals surface area contributed by atoms with E-state index in [9.17, 15) is 5.11 Å². The molecule has 1 saturated heterocycles. The largest absolute Gasteiger partial charge is 0.383 e.